The van der Waals surface area contributed by atoms with Crippen LogP contribution in [-0.4, -0.2) is 19.1 Å². The summed E-state index contributed by atoms with van der Waals surface area (Å²) in [5, 5.41) is 3.35. The Bertz CT molecular complexity index is 452. The largest absolute Gasteiger partial charge is 0.376 e. The van der Waals surface area contributed by atoms with E-state index in [4.69, 9.17) is 0 Å². The highest BCUT2D eigenvalue weighted by Gasteiger charge is 2.03. The van der Waals surface area contributed by atoms with Gasteiger partial charge in [-0.15, -0.1) is 0 Å². The van der Waals surface area contributed by atoms with Gasteiger partial charge >= 0.3 is 0 Å². The zero-order chi connectivity index (χ0) is 11.4. The number of para-hydroxylation sites is 1. The minimum atomic E-state index is 1.01. The van der Waals surface area contributed by atoms with Crippen molar-refractivity contribution >= 4 is 17.1 Å². The van der Waals surface area contributed by atoms with E-state index in [0.717, 1.165) is 17.1 Å². The SMILES string of the molecule is CN(C)c1ccncc1Nc1ccccc1. The molecule has 1 N–H and O–H groups in total. The van der Waals surface area contributed by atoms with Crippen molar-refractivity contribution in [3.63, 3.8) is 0 Å². The maximum absolute atomic E-state index is 4.13. The van der Waals surface area contributed by atoms with Crippen LogP contribution in [0.2, 0.25) is 0 Å². The molecule has 0 bridgehead atoms. The second-order valence-electron chi connectivity index (χ2n) is 3.78. The van der Waals surface area contributed by atoms with E-state index in [0.29, 0.717) is 0 Å². The normalized spacial score (nSPS) is 9.88. The third kappa shape index (κ3) is 2.31. The minimum Gasteiger partial charge on any atom is -0.376 e. The molecule has 0 radical (unpaired) electrons. The van der Waals surface area contributed by atoms with Crippen molar-refractivity contribution in [1.29, 1.82) is 0 Å². The van der Waals surface area contributed by atoms with Crippen LogP contribution in [-0.2, 0) is 0 Å². The molecule has 3 nitrogen and oxygen atoms in total. The van der Waals surface area contributed by atoms with E-state index in [2.05, 4.69) is 15.2 Å². The van der Waals surface area contributed by atoms with Crippen molar-refractivity contribution in [2.24, 2.45) is 0 Å². The van der Waals surface area contributed by atoms with Crippen LogP contribution in [0.1, 0.15) is 0 Å². The first-order chi connectivity index (χ1) is 7.77. The molecule has 0 aliphatic rings. The van der Waals surface area contributed by atoms with Crippen LogP contribution in [0.4, 0.5) is 17.1 Å². The lowest BCUT2D eigenvalue weighted by atomic mass is 10.3. The molecule has 0 saturated carbocycles. The van der Waals surface area contributed by atoms with Crippen LogP contribution in [0, 0.1) is 0 Å². The van der Waals surface area contributed by atoms with Crippen molar-refractivity contribution in [1.82, 2.24) is 4.98 Å². The van der Waals surface area contributed by atoms with Crippen molar-refractivity contribution in [3.8, 4) is 0 Å². The molecule has 0 spiro atoms. The summed E-state index contributed by atoms with van der Waals surface area (Å²) < 4.78 is 0. The Morgan fingerprint density at radius 1 is 1.06 bits per heavy atom. The molecular weight excluding hydrogens is 198 g/mol. The van der Waals surface area contributed by atoms with Gasteiger partial charge in [0.2, 0.25) is 0 Å². The topological polar surface area (TPSA) is 28.2 Å². The van der Waals surface area contributed by atoms with Gasteiger partial charge in [-0.2, -0.15) is 0 Å². The highest BCUT2D eigenvalue weighted by molar-refractivity contribution is 5.73. The monoisotopic (exact) mass is 213 g/mol. The van der Waals surface area contributed by atoms with Gasteiger partial charge in [-0.3, -0.25) is 4.98 Å². The first-order valence-corrected chi connectivity index (χ1v) is 5.21. The van der Waals surface area contributed by atoms with Crippen molar-refractivity contribution in [2.75, 3.05) is 24.3 Å². The summed E-state index contributed by atoms with van der Waals surface area (Å²) >= 11 is 0. The summed E-state index contributed by atoms with van der Waals surface area (Å²) in [6.45, 7) is 0. The molecule has 16 heavy (non-hydrogen) atoms. The average molecular weight is 213 g/mol. The van der Waals surface area contributed by atoms with Gasteiger partial charge in [0.15, 0.2) is 0 Å². The third-order valence-electron chi connectivity index (χ3n) is 2.33. The highest BCUT2D eigenvalue weighted by atomic mass is 15.1. The Balaban J connectivity index is 2.28. The number of nitrogens with zero attached hydrogens (tertiary/aromatic N) is 2. The third-order valence-corrected chi connectivity index (χ3v) is 2.33. The standard InChI is InChI=1S/C13H15N3/c1-16(2)13-8-9-14-10-12(13)15-11-6-4-3-5-7-11/h3-10,15H,1-2H3. The predicted molar refractivity (Wildman–Crippen MR) is 68.3 cm³/mol. The second-order valence-corrected chi connectivity index (χ2v) is 3.78. The molecule has 0 saturated heterocycles. The molecule has 0 aliphatic carbocycles. The molecule has 0 atom stereocenters. The van der Waals surface area contributed by atoms with Gasteiger partial charge in [0.05, 0.1) is 17.6 Å². The summed E-state index contributed by atoms with van der Waals surface area (Å²) in [6.07, 6.45) is 3.63. The van der Waals surface area contributed by atoms with Crippen molar-refractivity contribution in [2.45, 2.75) is 0 Å². The van der Waals surface area contributed by atoms with E-state index in [1.807, 2.05) is 56.7 Å². The summed E-state index contributed by atoms with van der Waals surface area (Å²) in [5.41, 5.74) is 3.20. The molecule has 2 aromatic rings. The zero-order valence-corrected chi connectivity index (χ0v) is 9.51. The van der Waals surface area contributed by atoms with Crippen LogP contribution in [0.5, 0.6) is 0 Å². The van der Waals surface area contributed by atoms with Crippen molar-refractivity contribution in [3.05, 3.63) is 48.8 Å². The molecule has 1 heterocycles. The molecular formula is C13H15N3. The van der Waals surface area contributed by atoms with Gasteiger partial charge in [0, 0.05) is 26.0 Å². The van der Waals surface area contributed by atoms with Gasteiger partial charge in [-0.25, -0.2) is 0 Å². The lowest BCUT2D eigenvalue weighted by Crippen LogP contribution is -2.11. The van der Waals surface area contributed by atoms with Crippen LogP contribution in [0.25, 0.3) is 0 Å². The molecule has 1 aromatic heterocycles. The second kappa shape index (κ2) is 4.66. The van der Waals surface area contributed by atoms with E-state index >= 15 is 0 Å². The molecule has 0 aliphatic heterocycles. The Morgan fingerprint density at radius 2 is 1.81 bits per heavy atom. The number of nitrogens with one attached hydrogen (secondary N) is 1. The maximum atomic E-state index is 4.13. The van der Waals surface area contributed by atoms with Crippen LogP contribution in [0.15, 0.2) is 48.8 Å². The van der Waals surface area contributed by atoms with Gasteiger partial charge in [0.25, 0.3) is 0 Å². The molecule has 0 unspecified atom stereocenters. The summed E-state index contributed by atoms with van der Waals surface area (Å²) in [4.78, 5) is 6.20. The summed E-state index contributed by atoms with van der Waals surface area (Å²) in [7, 11) is 4.04. The average Bonchev–Trinajstić information content (AvgIpc) is 2.31. The smallest absolute Gasteiger partial charge is 0.0808 e. The molecule has 0 fully saturated rings. The first-order valence-electron chi connectivity index (χ1n) is 5.21. The summed E-state index contributed by atoms with van der Waals surface area (Å²) in [5.74, 6) is 0. The molecule has 3 heteroatoms. The van der Waals surface area contributed by atoms with Gasteiger partial charge in [-0.1, -0.05) is 18.2 Å². The van der Waals surface area contributed by atoms with Crippen LogP contribution in [0.3, 0.4) is 0 Å². The fourth-order valence-electron chi connectivity index (χ4n) is 1.55. The number of hydrogen-bond donors (Lipinski definition) is 1. The summed E-state index contributed by atoms with van der Waals surface area (Å²) in [6, 6.07) is 12.1. The minimum absolute atomic E-state index is 1.01. The lowest BCUT2D eigenvalue weighted by Gasteiger charge is -2.17. The molecule has 0 amide bonds. The van der Waals surface area contributed by atoms with E-state index in [1.165, 1.54) is 0 Å². The van der Waals surface area contributed by atoms with E-state index in [1.54, 1.807) is 6.20 Å². The van der Waals surface area contributed by atoms with E-state index < -0.39 is 0 Å². The Kier molecular flexibility index (Phi) is 3.05. The van der Waals surface area contributed by atoms with Crippen LogP contribution >= 0.6 is 0 Å². The van der Waals surface area contributed by atoms with Gasteiger partial charge in [0.1, 0.15) is 0 Å². The maximum Gasteiger partial charge on any atom is 0.0808 e. The fraction of sp³-hybridized carbons (Fsp3) is 0.154. The lowest BCUT2D eigenvalue weighted by molar-refractivity contribution is 1.12. The van der Waals surface area contributed by atoms with Gasteiger partial charge in [-0.05, 0) is 18.2 Å². The number of rotatable bonds is 3. The highest BCUT2D eigenvalue weighted by Crippen LogP contribution is 2.25. The molecule has 1 aromatic carbocycles. The molecule has 2 rings (SSSR count). The fourth-order valence-corrected chi connectivity index (χ4v) is 1.55. The Hall–Kier alpha value is -2.03. The molecule has 82 valence electrons. The number of aromatic nitrogens is 1. The number of hydrogen-bond acceptors (Lipinski definition) is 3. The quantitative estimate of drug-likeness (QED) is 0.849. The van der Waals surface area contributed by atoms with Crippen molar-refractivity contribution < 1.29 is 0 Å². The number of anilines is 3. The number of benzene rings is 1. The number of pyridine rings is 1. The van der Waals surface area contributed by atoms with Crippen LogP contribution < -0.4 is 10.2 Å². The zero-order valence-electron chi connectivity index (χ0n) is 9.51. The van der Waals surface area contributed by atoms with E-state index in [9.17, 15) is 0 Å². The Morgan fingerprint density at radius 3 is 2.50 bits per heavy atom. The van der Waals surface area contributed by atoms with E-state index in [-0.39, 0.29) is 0 Å². The van der Waals surface area contributed by atoms with Gasteiger partial charge < -0.3 is 10.2 Å². The predicted octanol–water partition coefficient (Wildman–Crippen LogP) is 2.89. The first kappa shape index (κ1) is 10.5. The Labute approximate surface area is 95.7 Å².